The van der Waals surface area contributed by atoms with Crippen molar-refractivity contribution in [3.63, 3.8) is 0 Å². The second-order valence-electron chi connectivity index (χ2n) is 15.8. The lowest BCUT2D eigenvalue weighted by atomic mass is 9.90. The van der Waals surface area contributed by atoms with Crippen LogP contribution in [0, 0.1) is 11.6 Å². The van der Waals surface area contributed by atoms with Crippen molar-refractivity contribution in [1.29, 1.82) is 0 Å². The van der Waals surface area contributed by atoms with E-state index in [2.05, 4.69) is 54.6 Å². The van der Waals surface area contributed by atoms with E-state index < -0.39 is 23.6 Å². The third-order valence-corrected chi connectivity index (χ3v) is 11.9. The monoisotopic (exact) mass is 842 g/mol. The SMILES string of the molecule is CCc1c(CCc2cccc3c2C(Cc2cc(F)cc(F)c2)=CC3)ccc(C(=O)OC)c1OC(=O)/C=C/c1cccc(-c2cccc3c2C(Cc2cc(OC)cc(OC)c2)=CC3)c1. The Bertz CT molecular complexity index is 2790. The maximum Gasteiger partial charge on any atom is 0.341 e. The van der Waals surface area contributed by atoms with E-state index in [1.165, 1.54) is 47.6 Å². The molecule has 0 heterocycles. The Balaban J connectivity index is 1.01. The number of methoxy groups -OCH3 is 3. The van der Waals surface area contributed by atoms with Gasteiger partial charge >= 0.3 is 11.9 Å². The summed E-state index contributed by atoms with van der Waals surface area (Å²) in [5.41, 5.74) is 14.6. The number of fused-ring (bicyclic) bond motifs is 2. The van der Waals surface area contributed by atoms with Gasteiger partial charge in [-0.15, -0.1) is 0 Å². The lowest BCUT2D eigenvalue weighted by Crippen LogP contribution is -2.13. The molecule has 0 saturated heterocycles. The number of carbonyl (C=O) groups excluding carboxylic acids is 2. The van der Waals surface area contributed by atoms with Crippen molar-refractivity contribution in [2.45, 2.75) is 51.9 Å². The minimum Gasteiger partial charge on any atom is -0.497 e. The number of hydrogen-bond donors (Lipinski definition) is 0. The molecule has 0 fully saturated rings. The second kappa shape index (κ2) is 18.9. The molecule has 0 saturated carbocycles. The standard InChI is InChI=1S/C55H48F2O6/c1-5-48-37(16-17-38-10-7-11-39-18-20-42(52(38)39)26-35-28-44(56)32-45(57)29-35)22-23-50(55(59)62-4)54(48)63-51(58)24-15-34-9-6-13-41(25-34)49-14-8-12-40-19-21-43(53(40)49)27-36-30-46(60-2)33-47(31-36)61-3/h6-15,20-25,28-33H,5,16-19,26-27H2,1-4H3/b24-15+. The molecule has 0 amide bonds. The van der Waals surface area contributed by atoms with Crippen LogP contribution in [0.25, 0.3) is 28.3 Å². The van der Waals surface area contributed by atoms with E-state index in [4.69, 9.17) is 18.9 Å². The number of esters is 2. The molecule has 8 rings (SSSR count). The summed E-state index contributed by atoms with van der Waals surface area (Å²) in [6, 6.07) is 33.8. The van der Waals surface area contributed by atoms with E-state index in [1.54, 1.807) is 26.4 Å². The summed E-state index contributed by atoms with van der Waals surface area (Å²) < 4.78 is 50.3. The first kappa shape index (κ1) is 42.6. The van der Waals surface area contributed by atoms with E-state index in [9.17, 15) is 18.4 Å². The van der Waals surface area contributed by atoms with Crippen LogP contribution in [-0.4, -0.2) is 33.3 Å². The lowest BCUT2D eigenvalue weighted by molar-refractivity contribution is -0.129. The molecule has 63 heavy (non-hydrogen) atoms. The van der Waals surface area contributed by atoms with Gasteiger partial charge in [-0.05, 0) is 165 Å². The van der Waals surface area contributed by atoms with Gasteiger partial charge in [0.25, 0.3) is 0 Å². The largest absolute Gasteiger partial charge is 0.497 e. The quantitative estimate of drug-likeness (QED) is 0.0583. The van der Waals surface area contributed by atoms with Crippen LogP contribution in [0.3, 0.4) is 0 Å². The maximum absolute atomic E-state index is 14.1. The average molecular weight is 843 g/mol. The minimum atomic E-state index is -0.624. The van der Waals surface area contributed by atoms with Crippen LogP contribution in [0.1, 0.15) is 72.9 Å². The van der Waals surface area contributed by atoms with Crippen molar-refractivity contribution in [2.24, 2.45) is 0 Å². The number of carbonyl (C=O) groups is 2. The van der Waals surface area contributed by atoms with Crippen molar-refractivity contribution in [3.8, 4) is 28.4 Å². The fourth-order valence-electron chi connectivity index (χ4n) is 9.00. The normalized spacial score (nSPS) is 12.7. The van der Waals surface area contributed by atoms with Crippen molar-refractivity contribution < 1.29 is 37.3 Å². The molecule has 8 heteroatoms. The molecule has 2 aliphatic rings. The number of halogens is 2. The maximum atomic E-state index is 14.1. The van der Waals surface area contributed by atoms with Gasteiger partial charge in [0.05, 0.1) is 21.3 Å². The second-order valence-corrected chi connectivity index (χ2v) is 15.8. The number of allylic oxidation sites excluding steroid dienone is 4. The van der Waals surface area contributed by atoms with Crippen LogP contribution in [0.5, 0.6) is 17.2 Å². The van der Waals surface area contributed by atoms with E-state index in [1.807, 2.05) is 49.4 Å². The molecule has 0 bridgehead atoms. The molecule has 318 valence electrons. The molecular formula is C55H48F2O6. The lowest BCUT2D eigenvalue weighted by Gasteiger charge is -2.18. The summed E-state index contributed by atoms with van der Waals surface area (Å²) in [7, 11) is 4.61. The third-order valence-electron chi connectivity index (χ3n) is 11.9. The molecule has 6 aromatic rings. The summed E-state index contributed by atoms with van der Waals surface area (Å²) >= 11 is 0. The van der Waals surface area contributed by atoms with Crippen LogP contribution in [-0.2, 0) is 54.5 Å². The van der Waals surface area contributed by atoms with Gasteiger partial charge in [0, 0.05) is 18.2 Å². The molecule has 0 N–H and O–H groups in total. The number of hydrogen-bond acceptors (Lipinski definition) is 6. The first-order valence-corrected chi connectivity index (χ1v) is 21.2. The zero-order valence-electron chi connectivity index (χ0n) is 35.9. The first-order chi connectivity index (χ1) is 30.6. The molecule has 6 aromatic carbocycles. The molecule has 0 spiro atoms. The highest BCUT2D eigenvalue weighted by Gasteiger charge is 2.24. The topological polar surface area (TPSA) is 71.1 Å². The number of benzene rings is 6. The Kier molecular flexibility index (Phi) is 12.8. The van der Waals surface area contributed by atoms with Gasteiger partial charge in [0.1, 0.15) is 34.4 Å². The smallest absolute Gasteiger partial charge is 0.341 e. The van der Waals surface area contributed by atoms with Crippen molar-refractivity contribution in [2.75, 3.05) is 21.3 Å². The molecular weight excluding hydrogens is 795 g/mol. The van der Waals surface area contributed by atoms with Crippen LogP contribution in [0.4, 0.5) is 8.78 Å². The average Bonchev–Trinajstić information content (AvgIpc) is 3.90. The van der Waals surface area contributed by atoms with Crippen LogP contribution < -0.4 is 14.2 Å². The zero-order valence-corrected chi connectivity index (χ0v) is 35.9. The predicted octanol–water partition coefficient (Wildman–Crippen LogP) is 11.8. The molecule has 0 aliphatic heterocycles. The Morgan fingerprint density at radius 3 is 1.98 bits per heavy atom. The van der Waals surface area contributed by atoms with Gasteiger partial charge in [-0.2, -0.15) is 0 Å². The number of aryl methyl sites for hydroxylation is 2. The van der Waals surface area contributed by atoms with Gasteiger partial charge < -0.3 is 18.9 Å². The summed E-state index contributed by atoms with van der Waals surface area (Å²) in [5, 5.41) is 0. The van der Waals surface area contributed by atoms with E-state index in [0.29, 0.717) is 37.7 Å². The van der Waals surface area contributed by atoms with Crippen LogP contribution in [0.15, 0.2) is 127 Å². The number of ether oxygens (including phenoxy) is 4. The number of rotatable bonds is 15. The highest BCUT2D eigenvalue weighted by atomic mass is 19.1. The zero-order chi connectivity index (χ0) is 44.0. The van der Waals surface area contributed by atoms with Gasteiger partial charge in [0.2, 0.25) is 0 Å². The van der Waals surface area contributed by atoms with Crippen LogP contribution >= 0.6 is 0 Å². The van der Waals surface area contributed by atoms with E-state index in [-0.39, 0.29) is 11.3 Å². The molecule has 0 aromatic heterocycles. The first-order valence-electron chi connectivity index (χ1n) is 21.2. The summed E-state index contributed by atoms with van der Waals surface area (Å²) in [6.07, 6.45) is 12.0. The molecule has 0 atom stereocenters. The predicted molar refractivity (Wildman–Crippen MR) is 244 cm³/mol. The van der Waals surface area contributed by atoms with Gasteiger partial charge in [-0.3, -0.25) is 0 Å². The summed E-state index contributed by atoms with van der Waals surface area (Å²) in [4.78, 5) is 26.7. The van der Waals surface area contributed by atoms with Crippen LogP contribution in [0.2, 0.25) is 0 Å². The third kappa shape index (κ3) is 9.41. The van der Waals surface area contributed by atoms with Crippen molar-refractivity contribution in [3.05, 3.63) is 200 Å². The molecule has 6 nitrogen and oxygen atoms in total. The highest BCUT2D eigenvalue weighted by Crippen LogP contribution is 2.40. The van der Waals surface area contributed by atoms with Gasteiger partial charge in [0.15, 0.2) is 0 Å². The van der Waals surface area contributed by atoms with Gasteiger partial charge in [-0.25, -0.2) is 18.4 Å². The minimum absolute atomic E-state index is 0.171. The van der Waals surface area contributed by atoms with Crippen molar-refractivity contribution >= 4 is 29.2 Å². The molecule has 0 radical (unpaired) electrons. The van der Waals surface area contributed by atoms with E-state index >= 15 is 0 Å². The van der Waals surface area contributed by atoms with Gasteiger partial charge in [-0.1, -0.05) is 79.7 Å². The highest BCUT2D eigenvalue weighted by molar-refractivity contribution is 5.96. The van der Waals surface area contributed by atoms with Crippen molar-refractivity contribution in [1.82, 2.24) is 0 Å². The molecule has 0 unspecified atom stereocenters. The Morgan fingerprint density at radius 2 is 1.30 bits per heavy atom. The van der Waals surface area contributed by atoms with E-state index in [0.717, 1.165) is 80.5 Å². The fourth-order valence-corrected chi connectivity index (χ4v) is 9.00. The molecule has 2 aliphatic carbocycles. The Hall–Kier alpha value is -7.06. The summed E-state index contributed by atoms with van der Waals surface area (Å²) in [6.45, 7) is 1.96. The Labute approximate surface area is 367 Å². The Morgan fingerprint density at radius 1 is 0.667 bits per heavy atom. The fraction of sp³-hybridized carbons (Fsp3) is 0.200. The summed E-state index contributed by atoms with van der Waals surface area (Å²) in [5.74, 6) is -0.742.